The van der Waals surface area contributed by atoms with Gasteiger partial charge in [-0.25, -0.2) is 0 Å². The molecule has 4 nitrogen and oxygen atoms in total. The molecule has 4 heteroatoms. The second kappa shape index (κ2) is 3.89. The van der Waals surface area contributed by atoms with Crippen LogP contribution in [0.3, 0.4) is 0 Å². The first-order valence-corrected chi connectivity index (χ1v) is 3.99. The minimum atomic E-state index is 0.161. The highest BCUT2D eigenvalue weighted by Gasteiger charge is 2.08. The van der Waals surface area contributed by atoms with Crippen LogP contribution in [0.4, 0.5) is 11.4 Å². The summed E-state index contributed by atoms with van der Waals surface area (Å²) in [7, 11) is 0. The molecule has 0 radical (unpaired) electrons. The molecule has 0 atom stereocenters. The van der Waals surface area contributed by atoms with E-state index in [4.69, 9.17) is 0 Å². The molecule has 1 rings (SSSR count). The monoisotopic (exact) mass is 178 g/mol. The van der Waals surface area contributed by atoms with Crippen molar-refractivity contribution < 1.29 is 0 Å². The maximum atomic E-state index is 10.4. The number of benzene rings is 1. The van der Waals surface area contributed by atoms with Gasteiger partial charge in [0, 0.05) is 0 Å². The van der Waals surface area contributed by atoms with Crippen LogP contribution in [-0.2, 0) is 0 Å². The van der Waals surface area contributed by atoms with Crippen LogP contribution in [0.15, 0.2) is 28.6 Å². The molecule has 0 aromatic heterocycles. The zero-order valence-electron chi connectivity index (χ0n) is 7.52. The molecule has 0 spiro atoms. The smallest absolute Gasteiger partial charge is 0.111 e. The Morgan fingerprint density at radius 1 is 1.15 bits per heavy atom. The molecular weight excluding hydrogens is 168 g/mol. The summed E-state index contributed by atoms with van der Waals surface area (Å²) in [5.74, 6) is 0.161. The third-order valence-electron chi connectivity index (χ3n) is 1.84. The Balaban J connectivity index is 3.25. The van der Waals surface area contributed by atoms with Crippen LogP contribution in [-0.4, -0.2) is 0 Å². The van der Waals surface area contributed by atoms with Crippen molar-refractivity contribution in [3.05, 3.63) is 33.6 Å². The lowest BCUT2D eigenvalue weighted by molar-refractivity contribution is 0.866. The lowest BCUT2D eigenvalue weighted by Crippen LogP contribution is -1.86. The van der Waals surface area contributed by atoms with E-state index in [0.717, 1.165) is 5.56 Å². The zero-order chi connectivity index (χ0) is 9.84. The molecule has 0 bridgehead atoms. The average molecular weight is 178 g/mol. The van der Waals surface area contributed by atoms with Crippen molar-refractivity contribution in [1.82, 2.24) is 0 Å². The van der Waals surface area contributed by atoms with E-state index in [1.165, 1.54) is 12.1 Å². The lowest BCUT2D eigenvalue weighted by atomic mass is 10.0. The van der Waals surface area contributed by atoms with E-state index < -0.39 is 0 Å². The highest BCUT2D eigenvalue weighted by atomic mass is 16.3. The first-order chi connectivity index (χ1) is 6.19. The topological polar surface area (TPSA) is 58.9 Å². The van der Waals surface area contributed by atoms with E-state index in [9.17, 15) is 9.81 Å². The van der Waals surface area contributed by atoms with Crippen LogP contribution in [0.5, 0.6) is 0 Å². The molecule has 68 valence electrons. The maximum absolute atomic E-state index is 10.4. The van der Waals surface area contributed by atoms with Gasteiger partial charge in [-0.3, -0.25) is 0 Å². The van der Waals surface area contributed by atoms with Crippen molar-refractivity contribution in [3.63, 3.8) is 0 Å². The Hall–Kier alpha value is -1.58. The third-order valence-corrected chi connectivity index (χ3v) is 1.84. The third kappa shape index (κ3) is 1.96. The van der Waals surface area contributed by atoms with Crippen molar-refractivity contribution >= 4 is 11.4 Å². The van der Waals surface area contributed by atoms with Crippen molar-refractivity contribution in [2.45, 2.75) is 19.8 Å². The summed E-state index contributed by atoms with van der Waals surface area (Å²) in [6.07, 6.45) is 0. The SMILES string of the molecule is CC(C)c1cc(N=O)ccc1N=O. The number of hydrogen-bond acceptors (Lipinski definition) is 4. The van der Waals surface area contributed by atoms with Gasteiger partial charge in [0.2, 0.25) is 0 Å². The second-order valence-electron chi connectivity index (χ2n) is 3.08. The van der Waals surface area contributed by atoms with Crippen molar-refractivity contribution in [1.29, 1.82) is 0 Å². The molecule has 1 aromatic carbocycles. The summed E-state index contributed by atoms with van der Waals surface area (Å²) in [6.45, 7) is 3.86. The Bertz CT molecular complexity index is 334. The van der Waals surface area contributed by atoms with E-state index in [1.54, 1.807) is 6.07 Å². The summed E-state index contributed by atoms with van der Waals surface area (Å²) in [5, 5.41) is 5.67. The lowest BCUT2D eigenvalue weighted by Gasteiger charge is -2.06. The van der Waals surface area contributed by atoms with E-state index in [0.29, 0.717) is 11.4 Å². The first kappa shape index (κ1) is 9.51. The van der Waals surface area contributed by atoms with Crippen LogP contribution < -0.4 is 0 Å². The maximum Gasteiger partial charge on any atom is 0.111 e. The number of nitrogens with zero attached hydrogens (tertiary/aromatic N) is 2. The normalized spacial score (nSPS) is 10.1. The van der Waals surface area contributed by atoms with Gasteiger partial charge >= 0.3 is 0 Å². The minimum absolute atomic E-state index is 0.161. The molecule has 0 aliphatic carbocycles. The Morgan fingerprint density at radius 3 is 2.31 bits per heavy atom. The van der Waals surface area contributed by atoms with Crippen LogP contribution in [0, 0.1) is 9.81 Å². The summed E-state index contributed by atoms with van der Waals surface area (Å²) in [5.41, 5.74) is 1.46. The van der Waals surface area contributed by atoms with Crippen molar-refractivity contribution in [2.75, 3.05) is 0 Å². The van der Waals surface area contributed by atoms with Gasteiger partial charge < -0.3 is 0 Å². The van der Waals surface area contributed by atoms with Crippen LogP contribution >= 0.6 is 0 Å². The standard InChI is InChI=1S/C9H10N2O2/c1-6(2)8-5-7(10-12)3-4-9(8)11-13/h3-6H,1-2H3. The number of nitroso groups, excluding NO2 is 2. The van der Waals surface area contributed by atoms with Gasteiger partial charge in [-0.15, -0.1) is 9.81 Å². The number of hydrogen-bond donors (Lipinski definition) is 0. The Morgan fingerprint density at radius 2 is 1.85 bits per heavy atom. The van der Waals surface area contributed by atoms with Crippen LogP contribution in [0.2, 0.25) is 0 Å². The number of rotatable bonds is 3. The van der Waals surface area contributed by atoms with Gasteiger partial charge in [0.1, 0.15) is 11.4 Å². The fraction of sp³-hybridized carbons (Fsp3) is 0.333. The molecular formula is C9H10N2O2. The second-order valence-corrected chi connectivity index (χ2v) is 3.08. The fourth-order valence-electron chi connectivity index (χ4n) is 1.14. The zero-order valence-corrected chi connectivity index (χ0v) is 7.52. The Kier molecular flexibility index (Phi) is 2.84. The van der Waals surface area contributed by atoms with E-state index >= 15 is 0 Å². The molecule has 0 saturated heterocycles. The molecule has 0 aliphatic heterocycles. The largest absolute Gasteiger partial charge is 0.145 e. The molecule has 13 heavy (non-hydrogen) atoms. The van der Waals surface area contributed by atoms with E-state index in [1.807, 2.05) is 13.8 Å². The quantitative estimate of drug-likeness (QED) is 0.664. The highest BCUT2D eigenvalue weighted by molar-refractivity contribution is 5.55. The van der Waals surface area contributed by atoms with Crippen molar-refractivity contribution in [2.24, 2.45) is 10.4 Å². The minimum Gasteiger partial charge on any atom is -0.145 e. The fourth-order valence-corrected chi connectivity index (χ4v) is 1.14. The molecule has 0 amide bonds. The van der Waals surface area contributed by atoms with Crippen LogP contribution in [0.25, 0.3) is 0 Å². The molecule has 0 N–H and O–H groups in total. The molecule has 0 aliphatic rings. The molecule has 1 aromatic rings. The first-order valence-electron chi connectivity index (χ1n) is 3.99. The summed E-state index contributed by atoms with van der Waals surface area (Å²) in [6, 6.07) is 4.59. The van der Waals surface area contributed by atoms with Gasteiger partial charge in [0.05, 0.1) is 0 Å². The molecule has 0 saturated carbocycles. The predicted molar refractivity (Wildman–Crippen MR) is 51.4 cm³/mol. The average Bonchev–Trinajstić information content (AvgIpc) is 2.16. The van der Waals surface area contributed by atoms with E-state index in [-0.39, 0.29) is 5.92 Å². The van der Waals surface area contributed by atoms with Gasteiger partial charge in [-0.2, -0.15) is 0 Å². The Labute approximate surface area is 75.9 Å². The highest BCUT2D eigenvalue weighted by Crippen LogP contribution is 2.30. The molecule has 0 heterocycles. The molecule has 0 unspecified atom stereocenters. The van der Waals surface area contributed by atoms with Gasteiger partial charge in [0.25, 0.3) is 0 Å². The summed E-state index contributed by atoms with van der Waals surface area (Å²) < 4.78 is 0. The van der Waals surface area contributed by atoms with Gasteiger partial charge in [-0.1, -0.05) is 13.8 Å². The van der Waals surface area contributed by atoms with Gasteiger partial charge in [-0.05, 0) is 40.0 Å². The van der Waals surface area contributed by atoms with Gasteiger partial charge in [0.15, 0.2) is 0 Å². The summed E-state index contributed by atoms with van der Waals surface area (Å²) in [4.78, 5) is 20.6. The van der Waals surface area contributed by atoms with Crippen LogP contribution in [0.1, 0.15) is 25.3 Å². The predicted octanol–water partition coefficient (Wildman–Crippen LogP) is 3.61. The molecule has 0 fully saturated rings. The summed E-state index contributed by atoms with van der Waals surface area (Å²) >= 11 is 0. The van der Waals surface area contributed by atoms with E-state index in [2.05, 4.69) is 10.4 Å². The van der Waals surface area contributed by atoms with Crippen molar-refractivity contribution in [3.8, 4) is 0 Å².